The molecule has 1 unspecified atom stereocenters. The van der Waals surface area contributed by atoms with Crippen molar-refractivity contribution in [3.8, 4) is 0 Å². The number of benzene rings is 1. The molecule has 3 heteroatoms. The van der Waals surface area contributed by atoms with Gasteiger partial charge < -0.3 is 5.73 Å². The predicted octanol–water partition coefficient (Wildman–Crippen LogP) is 3.26. The Labute approximate surface area is 98.0 Å². The Bertz CT molecular complexity index is 374. The van der Waals surface area contributed by atoms with Crippen molar-refractivity contribution in [3.05, 3.63) is 34.1 Å². The maximum absolute atomic E-state index is 13.3. The van der Waals surface area contributed by atoms with E-state index in [1.54, 1.807) is 6.07 Å². The maximum Gasteiger partial charge on any atom is 0.137 e. The van der Waals surface area contributed by atoms with Gasteiger partial charge in [0.15, 0.2) is 0 Å². The quantitative estimate of drug-likeness (QED) is 0.898. The molecule has 15 heavy (non-hydrogen) atoms. The topological polar surface area (TPSA) is 26.0 Å². The van der Waals surface area contributed by atoms with Gasteiger partial charge in [-0.3, -0.25) is 0 Å². The van der Waals surface area contributed by atoms with Gasteiger partial charge in [-0.2, -0.15) is 0 Å². The van der Waals surface area contributed by atoms with Crippen LogP contribution in [0.25, 0.3) is 0 Å². The van der Waals surface area contributed by atoms with Crippen LogP contribution in [0.3, 0.4) is 0 Å². The second-order valence-corrected chi connectivity index (χ2v) is 5.47. The third kappa shape index (κ3) is 2.23. The largest absolute Gasteiger partial charge is 0.327 e. The molecule has 0 saturated heterocycles. The Morgan fingerprint density at radius 1 is 1.53 bits per heavy atom. The van der Waals surface area contributed by atoms with Crippen molar-refractivity contribution >= 4 is 15.9 Å². The third-order valence-corrected chi connectivity index (χ3v) is 4.29. The zero-order valence-corrected chi connectivity index (χ0v) is 10.3. The first-order chi connectivity index (χ1) is 7.03. The molecular weight excluding hydrogens is 257 g/mol. The van der Waals surface area contributed by atoms with E-state index in [1.165, 1.54) is 18.9 Å². The Balaban J connectivity index is 2.14. The van der Waals surface area contributed by atoms with Crippen molar-refractivity contribution in [2.75, 3.05) is 0 Å². The van der Waals surface area contributed by atoms with E-state index in [2.05, 4.69) is 22.9 Å². The Morgan fingerprint density at radius 2 is 2.20 bits per heavy atom. The summed E-state index contributed by atoms with van der Waals surface area (Å²) in [6, 6.07) is 5.25. The molecule has 1 saturated carbocycles. The summed E-state index contributed by atoms with van der Waals surface area (Å²) in [6.45, 7) is 2.20. The second kappa shape index (κ2) is 3.87. The molecule has 1 aromatic rings. The standard InChI is InChI=1S/C12H15BrFN/c1-12(5-6-12)10(15)7-8-3-2-4-9(14)11(8)13/h2-4,10H,5-7,15H2,1H3. The van der Waals surface area contributed by atoms with Crippen molar-refractivity contribution in [2.45, 2.75) is 32.2 Å². The van der Waals surface area contributed by atoms with E-state index in [0.717, 1.165) is 12.0 Å². The predicted molar refractivity (Wildman–Crippen MR) is 63.1 cm³/mol. The molecule has 0 aliphatic heterocycles. The van der Waals surface area contributed by atoms with E-state index in [-0.39, 0.29) is 17.3 Å². The highest BCUT2D eigenvalue weighted by molar-refractivity contribution is 9.10. The third-order valence-electron chi connectivity index (χ3n) is 3.41. The molecule has 1 aliphatic carbocycles. The minimum Gasteiger partial charge on any atom is -0.327 e. The lowest BCUT2D eigenvalue weighted by molar-refractivity contribution is 0.432. The van der Waals surface area contributed by atoms with Crippen LogP contribution in [0.4, 0.5) is 4.39 Å². The molecule has 1 aliphatic rings. The van der Waals surface area contributed by atoms with Crippen molar-refractivity contribution < 1.29 is 4.39 Å². The van der Waals surface area contributed by atoms with Crippen LogP contribution in [0, 0.1) is 11.2 Å². The Hall–Kier alpha value is -0.410. The van der Waals surface area contributed by atoms with E-state index in [1.807, 2.05) is 6.07 Å². The zero-order valence-electron chi connectivity index (χ0n) is 8.76. The highest BCUT2D eigenvalue weighted by atomic mass is 79.9. The van der Waals surface area contributed by atoms with Crippen LogP contribution < -0.4 is 5.73 Å². The molecule has 1 fully saturated rings. The lowest BCUT2D eigenvalue weighted by Crippen LogP contribution is -2.32. The van der Waals surface area contributed by atoms with Gasteiger partial charge in [0, 0.05) is 6.04 Å². The molecule has 0 radical (unpaired) electrons. The molecule has 2 rings (SSSR count). The average molecular weight is 272 g/mol. The highest BCUT2D eigenvalue weighted by Crippen LogP contribution is 2.48. The van der Waals surface area contributed by atoms with Crippen LogP contribution in [0.5, 0.6) is 0 Å². The molecule has 0 heterocycles. The van der Waals surface area contributed by atoms with Gasteiger partial charge >= 0.3 is 0 Å². The fourth-order valence-corrected chi connectivity index (χ4v) is 2.18. The zero-order chi connectivity index (χ0) is 11.1. The van der Waals surface area contributed by atoms with Crippen molar-refractivity contribution in [1.29, 1.82) is 0 Å². The van der Waals surface area contributed by atoms with Gasteiger partial charge in [0.05, 0.1) is 4.47 Å². The van der Waals surface area contributed by atoms with Gasteiger partial charge in [0.2, 0.25) is 0 Å². The van der Waals surface area contributed by atoms with Crippen LogP contribution in [0.2, 0.25) is 0 Å². The minimum atomic E-state index is -0.208. The summed E-state index contributed by atoms with van der Waals surface area (Å²) in [4.78, 5) is 0. The first-order valence-electron chi connectivity index (χ1n) is 5.21. The van der Waals surface area contributed by atoms with Crippen LogP contribution in [-0.2, 0) is 6.42 Å². The smallest absolute Gasteiger partial charge is 0.137 e. The molecule has 1 aromatic carbocycles. The van der Waals surface area contributed by atoms with Crippen molar-refractivity contribution in [1.82, 2.24) is 0 Å². The summed E-state index contributed by atoms with van der Waals surface area (Å²) in [5.41, 5.74) is 7.37. The Morgan fingerprint density at radius 3 is 2.80 bits per heavy atom. The highest BCUT2D eigenvalue weighted by Gasteiger charge is 2.42. The number of rotatable bonds is 3. The van der Waals surface area contributed by atoms with E-state index in [9.17, 15) is 4.39 Å². The van der Waals surface area contributed by atoms with Crippen molar-refractivity contribution in [2.24, 2.45) is 11.1 Å². The molecular formula is C12H15BrFN. The molecule has 2 N–H and O–H groups in total. The molecule has 0 spiro atoms. The maximum atomic E-state index is 13.3. The summed E-state index contributed by atoms with van der Waals surface area (Å²) >= 11 is 3.27. The molecule has 0 aromatic heterocycles. The minimum absolute atomic E-state index is 0.135. The van der Waals surface area contributed by atoms with E-state index < -0.39 is 0 Å². The Kier molecular flexibility index (Phi) is 2.86. The summed E-state index contributed by atoms with van der Waals surface area (Å²) in [5, 5.41) is 0. The van der Waals surface area contributed by atoms with Gasteiger partial charge in [-0.05, 0) is 52.2 Å². The summed E-state index contributed by atoms with van der Waals surface area (Å²) in [7, 11) is 0. The van der Waals surface area contributed by atoms with Crippen molar-refractivity contribution in [3.63, 3.8) is 0 Å². The summed E-state index contributed by atoms with van der Waals surface area (Å²) in [6.07, 6.45) is 3.14. The van der Waals surface area contributed by atoms with Gasteiger partial charge in [-0.15, -0.1) is 0 Å². The fraction of sp³-hybridized carbons (Fsp3) is 0.500. The lowest BCUT2D eigenvalue weighted by atomic mass is 9.93. The SMILES string of the molecule is CC1(C(N)Cc2cccc(F)c2Br)CC1. The van der Waals surface area contributed by atoms with E-state index in [0.29, 0.717) is 4.47 Å². The van der Waals surface area contributed by atoms with Gasteiger partial charge in [-0.1, -0.05) is 19.1 Å². The van der Waals surface area contributed by atoms with Crippen LogP contribution >= 0.6 is 15.9 Å². The van der Waals surface area contributed by atoms with E-state index >= 15 is 0 Å². The monoisotopic (exact) mass is 271 g/mol. The van der Waals surface area contributed by atoms with E-state index in [4.69, 9.17) is 5.73 Å². The average Bonchev–Trinajstić information content (AvgIpc) is 2.93. The van der Waals surface area contributed by atoms with Crippen LogP contribution in [0.1, 0.15) is 25.3 Å². The molecule has 1 nitrogen and oxygen atoms in total. The second-order valence-electron chi connectivity index (χ2n) is 4.68. The summed E-state index contributed by atoms with van der Waals surface area (Å²) in [5.74, 6) is -0.208. The summed E-state index contributed by atoms with van der Waals surface area (Å²) < 4.78 is 13.8. The lowest BCUT2D eigenvalue weighted by Gasteiger charge is -2.19. The first kappa shape index (κ1) is 11.1. The van der Waals surface area contributed by atoms with Gasteiger partial charge in [0.1, 0.15) is 5.82 Å². The molecule has 82 valence electrons. The molecule has 1 atom stereocenters. The van der Waals surface area contributed by atoms with Gasteiger partial charge in [-0.25, -0.2) is 4.39 Å². The fourth-order valence-electron chi connectivity index (χ4n) is 1.76. The van der Waals surface area contributed by atoms with Gasteiger partial charge in [0.25, 0.3) is 0 Å². The number of nitrogens with two attached hydrogens (primary N) is 1. The number of halogens is 2. The number of hydrogen-bond acceptors (Lipinski definition) is 1. The van der Waals surface area contributed by atoms with Crippen LogP contribution in [0.15, 0.2) is 22.7 Å². The first-order valence-corrected chi connectivity index (χ1v) is 6.01. The van der Waals surface area contributed by atoms with Crippen LogP contribution in [-0.4, -0.2) is 6.04 Å². The molecule has 0 amide bonds. The normalized spacial score (nSPS) is 20.0. The molecule has 0 bridgehead atoms. The number of hydrogen-bond donors (Lipinski definition) is 1.